The van der Waals surface area contributed by atoms with Gasteiger partial charge in [-0.2, -0.15) is 0 Å². The quantitative estimate of drug-likeness (QED) is 0.309. The lowest BCUT2D eigenvalue weighted by molar-refractivity contribution is -0.139. The average molecular weight is 300 g/mol. The largest absolute Gasteiger partial charge is 0.409 e. The van der Waals surface area contributed by atoms with E-state index in [-0.39, 0.29) is 30.5 Å². The van der Waals surface area contributed by atoms with E-state index in [0.717, 1.165) is 25.9 Å². The van der Waals surface area contributed by atoms with Crippen LogP contribution in [0.4, 0.5) is 0 Å². The van der Waals surface area contributed by atoms with Crippen LogP contribution in [0.3, 0.4) is 0 Å². The number of ether oxygens (including phenoxy) is 1. The third kappa shape index (κ3) is 5.51. The Balaban J connectivity index is 2.48. The number of piperazine rings is 1. The SMILES string of the molecule is CCCC(C(N)=NO)N1CCN(C(=O)COC(C)C)CC1. The van der Waals surface area contributed by atoms with Crippen molar-refractivity contribution in [1.82, 2.24) is 9.80 Å². The van der Waals surface area contributed by atoms with E-state index in [0.29, 0.717) is 13.1 Å². The van der Waals surface area contributed by atoms with Gasteiger partial charge in [-0.05, 0) is 20.3 Å². The van der Waals surface area contributed by atoms with E-state index in [2.05, 4.69) is 17.0 Å². The molecule has 0 aromatic heterocycles. The maximum atomic E-state index is 12.0. The van der Waals surface area contributed by atoms with Crippen LogP contribution in [-0.2, 0) is 9.53 Å². The number of oxime groups is 1. The molecule has 1 amide bonds. The highest BCUT2D eigenvalue weighted by Gasteiger charge is 2.27. The average Bonchev–Trinajstić information content (AvgIpc) is 2.49. The normalized spacial score (nSPS) is 19.0. The van der Waals surface area contributed by atoms with Crippen molar-refractivity contribution in [3.05, 3.63) is 0 Å². The minimum absolute atomic E-state index is 0.0270. The van der Waals surface area contributed by atoms with Gasteiger partial charge in [-0.25, -0.2) is 0 Å². The Morgan fingerprint density at radius 1 is 1.33 bits per heavy atom. The first kappa shape index (κ1) is 17.7. The predicted octanol–water partition coefficient (Wildman–Crippen LogP) is 0.471. The van der Waals surface area contributed by atoms with E-state index in [1.165, 1.54) is 0 Å². The predicted molar refractivity (Wildman–Crippen MR) is 81.3 cm³/mol. The molecule has 0 radical (unpaired) electrons. The minimum atomic E-state index is -0.0517. The Morgan fingerprint density at radius 3 is 2.43 bits per heavy atom. The molecule has 0 saturated carbocycles. The molecule has 0 spiro atoms. The molecule has 3 N–H and O–H groups in total. The molecule has 0 aromatic rings. The highest BCUT2D eigenvalue weighted by molar-refractivity contribution is 5.85. The summed E-state index contributed by atoms with van der Waals surface area (Å²) >= 11 is 0. The monoisotopic (exact) mass is 300 g/mol. The van der Waals surface area contributed by atoms with Gasteiger partial charge in [0.25, 0.3) is 0 Å². The summed E-state index contributed by atoms with van der Waals surface area (Å²) in [5.41, 5.74) is 5.77. The Kier molecular flexibility index (Phi) is 7.45. The molecular weight excluding hydrogens is 272 g/mol. The van der Waals surface area contributed by atoms with E-state index in [1.807, 2.05) is 18.7 Å². The van der Waals surface area contributed by atoms with Crippen LogP contribution >= 0.6 is 0 Å². The molecule has 1 saturated heterocycles. The first-order valence-electron chi connectivity index (χ1n) is 7.60. The molecule has 1 aliphatic rings. The summed E-state index contributed by atoms with van der Waals surface area (Å²) in [4.78, 5) is 16.0. The van der Waals surface area contributed by atoms with Crippen LogP contribution in [0.1, 0.15) is 33.6 Å². The Labute approximate surface area is 126 Å². The van der Waals surface area contributed by atoms with Crippen LogP contribution < -0.4 is 5.73 Å². The number of rotatable bonds is 7. The van der Waals surface area contributed by atoms with Crippen molar-refractivity contribution in [2.45, 2.75) is 45.8 Å². The second-order valence-corrected chi connectivity index (χ2v) is 5.61. The number of nitrogens with zero attached hydrogens (tertiary/aromatic N) is 3. The second-order valence-electron chi connectivity index (χ2n) is 5.61. The zero-order valence-corrected chi connectivity index (χ0v) is 13.3. The van der Waals surface area contributed by atoms with Crippen molar-refractivity contribution in [3.8, 4) is 0 Å². The number of amidine groups is 1. The maximum absolute atomic E-state index is 12.0. The van der Waals surface area contributed by atoms with Gasteiger partial charge in [0.2, 0.25) is 5.91 Å². The number of carbonyl (C=O) groups is 1. The van der Waals surface area contributed by atoms with Gasteiger partial charge in [0.05, 0.1) is 12.1 Å². The minimum Gasteiger partial charge on any atom is -0.409 e. The molecule has 0 aliphatic carbocycles. The van der Waals surface area contributed by atoms with Gasteiger partial charge in [-0.15, -0.1) is 0 Å². The molecule has 1 heterocycles. The molecule has 7 nitrogen and oxygen atoms in total. The highest BCUT2D eigenvalue weighted by Crippen LogP contribution is 2.12. The van der Waals surface area contributed by atoms with Crippen molar-refractivity contribution in [3.63, 3.8) is 0 Å². The standard InChI is InChI=1S/C14H28N4O3/c1-4-5-12(14(15)16-20)17-6-8-18(9-7-17)13(19)10-21-11(2)3/h11-12,20H,4-10H2,1-3H3,(H2,15,16). The maximum Gasteiger partial charge on any atom is 0.248 e. The molecule has 7 heteroatoms. The van der Waals surface area contributed by atoms with Gasteiger partial charge in [-0.1, -0.05) is 18.5 Å². The van der Waals surface area contributed by atoms with E-state index >= 15 is 0 Å². The summed E-state index contributed by atoms with van der Waals surface area (Å²) in [6.45, 7) is 8.80. The van der Waals surface area contributed by atoms with E-state index in [4.69, 9.17) is 15.7 Å². The van der Waals surface area contributed by atoms with Crippen molar-refractivity contribution in [2.75, 3.05) is 32.8 Å². The summed E-state index contributed by atoms with van der Waals surface area (Å²) in [6, 6.07) is -0.0517. The number of hydrogen-bond acceptors (Lipinski definition) is 5. The highest BCUT2D eigenvalue weighted by atomic mass is 16.5. The zero-order chi connectivity index (χ0) is 15.8. The molecule has 1 unspecified atom stereocenters. The molecule has 122 valence electrons. The molecule has 1 aliphatic heterocycles. The molecule has 0 bridgehead atoms. The molecule has 1 fully saturated rings. The van der Waals surface area contributed by atoms with Crippen LogP contribution in [0, 0.1) is 0 Å². The van der Waals surface area contributed by atoms with Crippen LogP contribution in [-0.4, -0.2) is 71.7 Å². The van der Waals surface area contributed by atoms with Gasteiger partial charge < -0.3 is 20.6 Å². The molecule has 1 rings (SSSR count). The lowest BCUT2D eigenvalue weighted by Crippen LogP contribution is -2.55. The van der Waals surface area contributed by atoms with Crippen molar-refractivity contribution >= 4 is 11.7 Å². The van der Waals surface area contributed by atoms with Crippen LogP contribution in [0.2, 0.25) is 0 Å². The second kappa shape index (κ2) is 8.84. The molecule has 0 aromatic carbocycles. The lowest BCUT2D eigenvalue weighted by Gasteiger charge is -2.38. The molecule has 1 atom stereocenters. The smallest absolute Gasteiger partial charge is 0.248 e. The Bertz CT molecular complexity index is 352. The zero-order valence-electron chi connectivity index (χ0n) is 13.3. The number of nitrogens with two attached hydrogens (primary N) is 1. The number of carbonyl (C=O) groups excluding carboxylic acids is 1. The van der Waals surface area contributed by atoms with Crippen LogP contribution in [0.5, 0.6) is 0 Å². The van der Waals surface area contributed by atoms with Gasteiger partial charge >= 0.3 is 0 Å². The summed E-state index contributed by atoms with van der Waals surface area (Å²) in [5.74, 6) is 0.277. The first-order valence-corrected chi connectivity index (χ1v) is 7.60. The molecular formula is C14H28N4O3. The summed E-state index contributed by atoms with van der Waals surface area (Å²) in [6.07, 6.45) is 1.87. The van der Waals surface area contributed by atoms with Crippen molar-refractivity contribution < 1.29 is 14.7 Å². The fourth-order valence-electron chi connectivity index (χ4n) is 2.47. The summed E-state index contributed by atoms with van der Waals surface area (Å²) < 4.78 is 5.35. The van der Waals surface area contributed by atoms with Gasteiger partial charge in [0, 0.05) is 26.2 Å². The Hall–Kier alpha value is -1.34. The Morgan fingerprint density at radius 2 is 1.95 bits per heavy atom. The first-order chi connectivity index (χ1) is 9.99. The summed E-state index contributed by atoms with van der Waals surface area (Å²) in [7, 11) is 0. The van der Waals surface area contributed by atoms with Gasteiger partial charge in [-0.3, -0.25) is 9.69 Å². The fraction of sp³-hybridized carbons (Fsp3) is 0.857. The van der Waals surface area contributed by atoms with E-state index in [9.17, 15) is 4.79 Å². The van der Waals surface area contributed by atoms with Gasteiger partial charge in [0.15, 0.2) is 5.84 Å². The van der Waals surface area contributed by atoms with Gasteiger partial charge in [0.1, 0.15) is 6.61 Å². The number of hydrogen-bond donors (Lipinski definition) is 2. The van der Waals surface area contributed by atoms with Crippen LogP contribution in [0.15, 0.2) is 5.16 Å². The lowest BCUT2D eigenvalue weighted by atomic mass is 10.1. The topological polar surface area (TPSA) is 91.4 Å². The van der Waals surface area contributed by atoms with Crippen molar-refractivity contribution in [2.24, 2.45) is 10.9 Å². The number of amides is 1. The van der Waals surface area contributed by atoms with E-state index < -0.39 is 0 Å². The fourth-order valence-corrected chi connectivity index (χ4v) is 2.47. The van der Waals surface area contributed by atoms with Crippen LogP contribution in [0.25, 0.3) is 0 Å². The van der Waals surface area contributed by atoms with E-state index in [1.54, 1.807) is 0 Å². The third-order valence-electron chi connectivity index (χ3n) is 3.67. The molecule has 21 heavy (non-hydrogen) atoms. The van der Waals surface area contributed by atoms with Crippen molar-refractivity contribution in [1.29, 1.82) is 0 Å². The third-order valence-corrected chi connectivity index (χ3v) is 3.67. The summed E-state index contributed by atoms with van der Waals surface area (Å²) in [5, 5.41) is 12.0.